The smallest absolute Gasteiger partial charge is 0.157 e. The van der Waals surface area contributed by atoms with E-state index >= 15 is 0 Å². The first-order chi connectivity index (χ1) is 10.9. The normalized spacial score (nSPS) is 11.7. The molecule has 7 heteroatoms. The molecule has 0 heterocycles. The molecule has 0 radical (unpaired) electrons. The van der Waals surface area contributed by atoms with E-state index in [9.17, 15) is 9.59 Å². The molecule has 136 valence electrons. The molecule has 0 aliphatic heterocycles. The lowest BCUT2D eigenvalue weighted by Crippen LogP contribution is -2.54. The summed E-state index contributed by atoms with van der Waals surface area (Å²) in [5, 5.41) is 9.95. The van der Waals surface area contributed by atoms with Gasteiger partial charge in [-0.1, -0.05) is 0 Å². The minimum atomic E-state index is -1.33. The van der Waals surface area contributed by atoms with Gasteiger partial charge in [0.2, 0.25) is 0 Å². The molecule has 0 aromatic carbocycles. The number of carbonyl (C=O) groups excluding carboxylic acids is 2. The Morgan fingerprint density at radius 2 is 1.17 bits per heavy atom. The number of nitrogens with one attached hydrogen (secondary N) is 3. The third-order valence-electron chi connectivity index (χ3n) is 3.92. The zero-order valence-corrected chi connectivity index (χ0v) is 14.7. The van der Waals surface area contributed by atoms with Crippen molar-refractivity contribution in [1.82, 2.24) is 16.0 Å². The Bertz CT molecular complexity index is 322. The van der Waals surface area contributed by atoms with Gasteiger partial charge in [-0.05, 0) is 85.3 Å². The van der Waals surface area contributed by atoms with Crippen molar-refractivity contribution in [2.75, 3.05) is 45.8 Å². The Morgan fingerprint density at radius 1 is 0.783 bits per heavy atom. The number of carbonyl (C=O) groups is 2. The molecule has 0 saturated carbocycles. The molecule has 0 bridgehead atoms. The number of nitrogens with two attached hydrogens (primary N) is 2. The van der Waals surface area contributed by atoms with Crippen molar-refractivity contribution in [2.45, 2.75) is 45.1 Å². The van der Waals surface area contributed by atoms with Gasteiger partial charge in [0.1, 0.15) is 5.54 Å². The molecule has 0 saturated heterocycles. The molecule has 0 atom stereocenters. The third-order valence-corrected chi connectivity index (χ3v) is 3.92. The summed E-state index contributed by atoms with van der Waals surface area (Å²) >= 11 is 0. The van der Waals surface area contributed by atoms with E-state index in [2.05, 4.69) is 16.0 Å². The van der Waals surface area contributed by atoms with E-state index in [1.165, 1.54) is 13.8 Å². The number of ketones is 2. The highest BCUT2D eigenvalue weighted by molar-refractivity contribution is 6.09. The lowest BCUT2D eigenvalue weighted by Gasteiger charge is -2.23. The highest BCUT2D eigenvalue weighted by Gasteiger charge is 2.35. The molecule has 0 aromatic rings. The van der Waals surface area contributed by atoms with Crippen molar-refractivity contribution < 1.29 is 9.59 Å². The summed E-state index contributed by atoms with van der Waals surface area (Å²) in [5.74, 6) is -0.540. The van der Waals surface area contributed by atoms with Crippen LogP contribution in [-0.2, 0) is 9.59 Å². The lowest BCUT2D eigenvalue weighted by atomic mass is 9.88. The van der Waals surface area contributed by atoms with Gasteiger partial charge in [0, 0.05) is 0 Å². The summed E-state index contributed by atoms with van der Waals surface area (Å²) in [5.41, 5.74) is 9.94. The summed E-state index contributed by atoms with van der Waals surface area (Å²) in [6.45, 7) is 8.84. The summed E-state index contributed by atoms with van der Waals surface area (Å²) in [7, 11) is 0. The van der Waals surface area contributed by atoms with E-state index in [0.717, 1.165) is 58.5 Å². The van der Waals surface area contributed by atoms with Gasteiger partial charge < -0.3 is 27.4 Å². The Balaban J connectivity index is 3.43. The minimum Gasteiger partial charge on any atom is -0.330 e. The molecule has 7 N–H and O–H groups in total. The zero-order valence-electron chi connectivity index (χ0n) is 14.7. The fraction of sp³-hybridized carbons (Fsp3) is 0.875. The first-order valence-electron chi connectivity index (χ1n) is 8.58. The van der Waals surface area contributed by atoms with Crippen molar-refractivity contribution >= 4 is 11.6 Å². The van der Waals surface area contributed by atoms with Crippen LogP contribution in [0, 0.1) is 0 Å². The van der Waals surface area contributed by atoms with Gasteiger partial charge >= 0.3 is 0 Å². The first-order valence-corrected chi connectivity index (χ1v) is 8.58. The maximum Gasteiger partial charge on any atom is 0.157 e. The number of hydrogen-bond acceptors (Lipinski definition) is 7. The Kier molecular flexibility index (Phi) is 13.1. The maximum absolute atomic E-state index is 11.5. The summed E-state index contributed by atoms with van der Waals surface area (Å²) in [6, 6.07) is 0. The molecule has 0 fully saturated rings. The Hall–Kier alpha value is -0.860. The predicted octanol–water partition coefficient (Wildman–Crippen LogP) is -0.850. The van der Waals surface area contributed by atoms with Crippen LogP contribution < -0.4 is 27.4 Å². The Labute approximate surface area is 140 Å². The quantitative estimate of drug-likeness (QED) is 0.185. The van der Waals surface area contributed by atoms with Crippen molar-refractivity contribution in [1.29, 1.82) is 0 Å². The van der Waals surface area contributed by atoms with Gasteiger partial charge in [0.25, 0.3) is 0 Å². The van der Waals surface area contributed by atoms with Crippen molar-refractivity contribution in [3.63, 3.8) is 0 Å². The highest BCUT2D eigenvalue weighted by Crippen LogP contribution is 2.08. The summed E-state index contributed by atoms with van der Waals surface area (Å²) < 4.78 is 0. The topological polar surface area (TPSA) is 122 Å². The fourth-order valence-electron chi connectivity index (χ4n) is 2.16. The molecule has 7 nitrogen and oxygen atoms in total. The summed E-state index contributed by atoms with van der Waals surface area (Å²) in [4.78, 5) is 22.9. The van der Waals surface area contributed by atoms with Crippen molar-refractivity contribution in [3.8, 4) is 0 Å². The molecule has 0 spiro atoms. The van der Waals surface area contributed by atoms with E-state index in [0.29, 0.717) is 13.0 Å². The maximum atomic E-state index is 11.5. The molecular weight excluding hydrogens is 294 g/mol. The molecule has 0 unspecified atom stereocenters. The predicted molar refractivity (Wildman–Crippen MR) is 94.4 cm³/mol. The zero-order chi connectivity index (χ0) is 17.6. The number of Topliss-reactive ketones (excluding diaryl/α,β-unsaturated/α-hetero) is 2. The fourth-order valence-corrected chi connectivity index (χ4v) is 2.16. The van der Waals surface area contributed by atoms with E-state index in [1.807, 2.05) is 0 Å². The number of hydrogen-bond donors (Lipinski definition) is 5. The standard InChI is InChI=1S/C16H35N5O2/c1-14(22)16(18,15(2)23)6-13-21-12-5-11-20-10-4-9-19-8-3-7-17/h19-21H,3-13,17-18H2,1-2H3. The third kappa shape index (κ3) is 10.5. The molecule has 23 heavy (non-hydrogen) atoms. The van der Waals surface area contributed by atoms with E-state index in [1.54, 1.807) is 0 Å². The molecule has 0 rings (SSSR count). The van der Waals surface area contributed by atoms with Crippen LogP contribution >= 0.6 is 0 Å². The number of rotatable bonds is 16. The van der Waals surface area contributed by atoms with Crippen LogP contribution in [0.25, 0.3) is 0 Å². The average molecular weight is 329 g/mol. The van der Waals surface area contributed by atoms with Crippen molar-refractivity contribution in [2.24, 2.45) is 11.5 Å². The highest BCUT2D eigenvalue weighted by atomic mass is 16.2. The van der Waals surface area contributed by atoms with Crippen LogP contribution in [0.3, 0.4) is 0 Å². The molecule has 0 aliphatic carbocycles. The van der Waals surface area contributed by atoms with Gasteiger partial charge in [-0.2, -0.15) is 0 Å². The average Bonchev–Trinajstić information content (AvgIpc) is 2.51. The van der Waals surface area contributed by atoms with Crippen LogP contribution in [0.4, 0.5) is 0 Å². The largest absolute Gasteiger partial charge is 0.330 e. The SMILES string of the molecule is CC(=O)C(N)(CCNCCCNCCCNCCCN)C(C)=O. The van der Waals surface area contributed by atoms with Gasteiger partial charge in [0.05, 0.1) is 0 Å². The second kappa shape index (κ2) is 13.6. The van der Waals surface area contributed by atoms with E-state index < -0.39 is 5.54 Å². The van der Waals surface area contributed by atoms with Gasteiger partial charge in [0.15, 0.2) is 11.6 Å². The van der Waals surface area contributed by atoms with Crippen LogP contribution in [0.15, 0.2) is 0 Å². The minimum absolute atomic E-state index is 0.270. The van der Waals surface area contributed by atoms with Crippen LogP contribution in [-0.4, -0.2) is 62.9 Å². The molecular formula is C16H35N5O2. The lowest BCUT2D eigenvalue weighted by molar-refractivity contribution is -0.132. The Morgan fingerprint density at radius 3 is 1.57 bits per heavy atom. The second-order valence-electron chi connectivity index (χ2n) is 5.93. The van der Waals surface area contributed by atoms with Gasteiger partial charge in [-0.25, -0.2) is 0 Å². The van der Waals surface area contributed by atoms with Gasteiger partial charge in [-0.15, -0.1) is 0 Å². The van der Waals surface area contributed by atoms with Crippen LogP contribution in [0.1, 0.15) is 39.5 Å². The monoisotopic (exact) mass is 329 g/mol. The van der Waals surface area contributed by atoms with Crippen molar-refractivity contribution in [3.05, 3.63) is 0 Å². The second-order valence-corrected chi connectivity index (χ2v) is 5.93. The van der Waals surface area contributed by atoms with Gasteiger partial charge in [-0.3, -0.25) is 9.59 Å². The summed E-state index contributed by atoms with van der Waals surface area (Å²) in [6.07, 6.45) is 3.47. The van der Waals surface area contributed by atoms with E-state index in [-0.39, 0.29) is 11.6 Å². The van der Waals surface area contributed by atoms with Crippen LogP contribution in [0.2, 0.25) is 0 Å². The first kappa shape index (κ1) is 22.1. The molecule has 0 amide bonds. The van der Waals surface area contributed by atoms with Crippen LogP contribution in [0.5, 0.6) is 0 Å². The molecule has 0 aliphatic rings. The molecule has 0 aromatic heterocycles. The van der Waals surface area contributed by atoms with E-state index in [4.69, 9.17) is 11.5 Å².